The summed E-state index contributed by atoms with van der Waals surface area (Å²) < 4.78 is 0. The lowest BCUT2D eigenvalue weighted by atomic mass is 9.84. The van der Waals surface area contributed by atoms with Crippen molar-refractivity contribution in [1.29, 1.82) is 5.26 Å². The Morgan fingerprint density at radius 1 is 1.32 bits per heavy atom. The Morgan fingerprint density at radius 2 is 1.95 bits per heavy atom. The van der Waals surface area contributed by atoms with Crippen LogP contribution in [0.2, 0.25) is 5.02 Å². The van der Waals surface area contributed by atoms with Crippen molar-refractivity contribution in [2.24, 2.45) is 5.92 Å². The van der Waals surface area contributed by atoms with E-state index >= 15 is 0 Å². The van der Waals surface area contributed by atoms with Gasteiger partial charge in [-0.15, -0.1) is 0 Å². The Labute approximate surface area is 120 Å². The fourth-order valence-electron chi connectivity index (χ4n) is 2.19. The van der Waals surface area contributed by atoms with Crippen molar-refractivity contribution in [1.82, 2.24) is 0 Å². The van der Waals surface area contributed by atoms with Crippen LogP contribution < -0.4 is 0 Å². The molecule has 1 aromatic carbocycles. The maximum absolute atomic E-state index is 12.4. The molecule has 0 amide bonds. The number of nitrogens with zero attached hydrogens (tertiary/aromatic N) is 1. The number of ketones is 1. The number of hydrogen-bond acceptors (Lipinski definition) is 2. The van der Waals surface area contributed by atoms with Gasteiger partial charge in [0.05, 0.1) is 6.07 Å². The molecular weight excluding hydrogens is 258 g/mol. The predicted octanol–water partition coefficient (Wildman–Crippen LogP) is 4.73. The van der Waals surface area contributed by atoms with Gasteiger partial charge >= 0.3 is 0 Å². The van der Waals surface area contributed by atoms with Crippen LogP contribution in [0.5, 0.6) is 0 Å². The largest absolute Gasteiger partial charge is 0.298 e. The van der Waals surface area contributed by atoms with E-state index in [1.54, 1.807) is 24.3 Å². The molecule has 0 radical (unpaired) electrons. The lowest BCUT2D eigenvalue weighted by Gasteiger charge is -2.17. The summed E-state index contributed by atoms with van der Waals surface area (Å²) >= 11 is 5.83. The second kappa shape index (κ2) is 7.96. The highest BCUT2D eigenvalue weighted by molar-refractivity contribution is 6.30. The number of nitriles is 1. The van der Waals surface area contributed by atoms with E-state index < -0.39 is 5.92 Å². The summed E-state index contributed by atoms with van der Waals surface area (Å²) in [5, 5.41) is 9.90. The lowest BCUT2D eigenvalue weighted by molar-refractivity contribution is -0.123. The fraction of sp³-hybridized carbons (Fsp3) is 0.500. The van der Waals surface area contributed by atoms with Gasteiger partial charge in [0.25, 0.3) is 0 Å². The van der Waals surface area contributed by atoms with Crippen molar-refractivity contribution < 1.29 is 4.79 Å². The zero-order valence-corrected chi connectivity index (χ0v) is 12.3. The van der Waals surface area contributed by atoms with Gasteiger partial charge in [-0.25, -0.2) is 0 Å². The highest BCUT2D eigenvalue weighted by Crippen LogP contribution is 2.25. The Balaban J connectivity index is 2.87. The van der Waals surface area contributed by atoms with Crippen LogP contribution in [0.3, 0.4) is 0 Å². The minimum Gasteiger partial charge on any atom is -0.298 e. The number of unbranched alkanes of at least 4 members (excludes halogenated alkanes) is 1. The van der Waals surface area contributed by atoms with Crippen LogP contribution in [0.15, 0.2) is 24.3 Å². The standard InChI is InChI=1S/C16H20ClNO/c1-3-5-6-12(4-2)16(19)15(11-18)13-7-9-14(17)10-8-13/h7-10,12,15H,3-6H2,1-2H3. The van der Waals surface area contributed by atoms with Crippen molar-refractivity contribution in [3.63, 3.8) is 0 Å². The normalized spacial score (nSPS) is 13.6. The minimum absolute atomic E-state index is 0.0136. The number of carbonyl (C=O) groups excluding carboxylic acids is 1. The summed E-state index contributed by atoms with van der Waals surface area (Å²) in [7, 11) is 0. The number of hydrogen-bond donors (Lipinski definition) is 0. The monoisotopic (exact) mass is 277 g/mol. The number of rotatable bonds is 7. The molecule has 102 valence electrons. The maximum atomic E-state index is 12.4. The second-order valence-electron chi connectivity index (χ2n) is 4.76. The van der Waals surface area contributed by atoms with Crippen LogP contribution in [0.1, 0.15) is 51.0 Å². The molecule has 3 heteroatoms. The first kappa shape index (κ1) is 15.7. The van der Waals surface area contributed by atoms with Crippen LogP contribution in [-0.2, 0) is 4.79 Å². The van der Waals surface area contributed by atoms with Crippen molar-refractivity contribution in [2.75, 3.05) is 0 Å². The number of carbonyl (C=O) groups is 1. The van der Waals surface area contributed by atoms with Crippen molar-refractivity contribution in [3.8, 4) is 6.07 Å². The van der Waals surface area contributed by atoms with Gasteiger partial charge in [-0.05, 0) is 30.5 Å². The van der Waals surface area contributed by atoms with Crippen LogP contribution in [-0.4, -0.2) is 5.78 Å². The molecule has 0 aromatic heterocycles. The van der Waals surface area contributed by atoms with Gasteiger partial charge in [0.15, 0.2) is 5.78 Å². The van der Waals surface area contributed by atoms with Crippen LogP contribution in [0.4, 0.5) is 0 Å². The molecule has 19 heavy (non-hydrogen) atoms. The highest BCUT2D eigenvalue weighted by atomic mass is 35.5. The summed E-state index contributed by atoms with van der Waals surface area (Å²) in [6.45, 7) is 4.12. The third-order valence-electron chi connectivity index (χ3n) is 3.42. The average molecular weight is 278 g/mol. The van der Waals surface area contributed by atoms with E-state index in [9.17, 15) is 10.1 Å². The maximum Gasteiger partial charge on any atom is 0.157 e. The molecule has 2 nitrogen and oxygen atoms in total. The lowest BCUT2D eigenvalue weighted by Crippen LogP contribution is -2.21. The molecule has 0 N–H and O–H groups in total. The molecule has 0 bridgehead atoms. The molecule has 0 aliphatic rings. The fourth-order valence-corrected chi connectivity index (χ4v) is 2.32. The van der Waals surface area contributed by atoms with Gasteiger partial charge in [-0.3, -0.25) is 4.79 Å². The van der Waals surface area contributed by atoms with Crippen LogP contribution >= 0.6 is 11.6 Å². The first-order chi connectivity index (χ1) is 9.13. The van der Waals surface area contributed by atoms with Gasteiger partial charge in [-0.2, -0.15) is 5.26 Å². The van der Waals surface area contributed by atoms with E-state index in [2.05, 4.69) is 13.0 Å². The summed E-state index contributed by atoms with van der Waals surface area (Å²) in [5.74, 6) is -0.639. The van der Waals surface area contributed by atoms with Gasteiger partial charge in [0, 0.05) is 10.9 Å². The van der Waals surface area contributed by atoms with Gasteiger partial charge in [0.1, 0.15) is 5.92 Å². The SMILES string of the molecule is CCCCC(CC)C(=O)C(C#N)c1ccc(Cl)cc1. The average Bonchev–Trinajstić information content (AvgIpc) is 2.42. The first-order valence-electron chi connectivity index (χ1n) is 6.82. The Kier molecular flexibility index (Phi) is 6.59. The van der Waals surface area contributed by atoms with Crippen molar-refractivity contribution >= 4 is 17.4 Å². The second-order valence-corrected chi connectivity index (χ2v) is 5.20. The molecule has 0 saturated heterocycles. The molecule has 0 heterocycles. The first-order valence-corrected chi connectivity index (χ1v) is 7.20. The van der Waals surface area contributed by atoms with Gasteiger partial charge < -0.3 is 0 Å². The third-order valence-corrected chi connectivity index (χ3v) is 3.67. The number of halogens is 1. The molecule has 0 fully saturated rings. The Hall–Kier alpha value is -1.33. The Bertz CT molecular complexity index is 447. The van der Waals surface area contributed by atoms with E-state index in [1.807, 2.05) is 6.92 Å². The highest BCUT2D eigenvalue weighted by Gasteiger charge is 2.26. The molecule has 2 unspecified atom stereocenters. The topological polar surface area (TPSA) is 40.9 Å². The molecule has 1 aromatic rings. The summed E-state index contributed by atoms with van der Waals surface area (Å²) in [4.78, 5) is 12.4. The molecule has 1 rings (SSSR count). The van der Waals surface area contributed by atoms with E-state index in [0.29, 0.717) is 5.02 Å². The molecular formula is C16H20ClNO. The summed E-state index contributed by atoms with van der Waals surface area (Å²) in [6, 6.07) is 9.11. The third kappa shape index (κ3) is 4.36. The summed E-state index contributed by atoms with van der Waals surface area (Å²) in [5.41, 5.74) is 0.742. The summed E-state index contributed by atoms with van der Waals surface area (Å²) in [6.07, 6.45) is 3.77. The number of benzene rings is 1. The number of Topliss-reactive ketones (excluding diaryl/α,β-unsaturated/α-hetero) is 1. The van der Waals surface area contributed by atoms with Crippen molar-refractivity contribution in [3.05, 3.63) is 34.9 Å². The van der Waals surface area contributed by atoms with E-state index in [4.69, 9.17) is 11.6 Å². The molecule has 0 aliphatic heterocycles. The zero-order valence-electron chi connectivity index (χ0n) is 11.5. The smallest absolute Gasteiger partial charge is 0.157 e. The van der Waals surface area contributed by atoms with Crippen LogP contribution in [0.25, 0.3) is 0 Å². The van der Waals surface area contributed by atoms with Gasteiger partial charge in [-0.1, -0.05) is 50.4 Å². The Morgan fingerprint density at radius 3 is 2.42 bits per heavy atom. The van der Waals surface area contributed by atoms with Crippen LogP contribution in [0, 0.1) is 17.2 Å². The van der Waals surface area contributed by atoms with E-state index in [1.165, 1.54) is 0 Å². The van der Waals surface area contributed by atoms with Gasteiger partial charge in [0.2, 0.25) is 0 Å². The van der Waals surface area contributed by atoms with Crippen molar-refractivity contribution in [2.45, 2.75) is 45.4 Å². The predicted molar refractivity (Wildman–Crippen MR) is 78.1 cm³/mol. The molecule has 0 saturated carbocycles. The van der Waals surface area contributed by atoms with E-state index in [0.717, 1.165) is 31.2 Å². The van der Waals surface area contributed by atoms with E-state index in [-0.39, 0.29) is 11.7 Å². The zero-order chi connectivity index (χ0) is 14.3. The molecule has 2 atom stereocenters. The molecule has 0 spiro atoms. The molecule has 0 aliphatic carbocycles. The minimum atomic E-state index is -0.668. The quantitative estimate of drug-likeness (QED) is 0.723.